The summed E-state index contributed by atoms with van der Waals surface area (Å²) in [6.45, 7) is 0.168. The second-order valence-electron chi connectivity index (χ2n) is 5.48. The number of oxime groups is 1. The number of aromatic nitrogens is 2. The van der Waals surface area contributed by atoms with Gasteiger partial charge in [-0.2, -0.15) is 0 Å². The zero-order chi connectivity index (χ0) is 16.7. The van der Waals surface area contributed by atoms with Gasteiger partial charge in [0.15, 0.2) is 0 Å². The highest BCUT2D eigenvalue weighted by Crippen LogP contribution is 2.27. The van der Waals surface area contributed by atoms with Crippen LogP contribution in [0.4, 0.5) is 4.39 Å². The number of fused-ring (bicyclic) bond motifs is 2. The van der Waals surface area contributed by atoms with Crippen LogP contribution in [0.2, 0.25) is 0 Å². The molecule has 3 aromatic rings. The van der Waals surface area contributed by atoms with Gasteiger partial charge in [-0.05, 0) is 6.07 Å². The first-order chi connectivity index (χ1) is 11.7. The smallest absolute Gasteiger partial charge is 0.212 e. The Balaban J connectivity index is 1.86. The van der Waals surface area contributed by atoms with Crippen molar-refractivity contribution in [1.82, 2.24) is 9.55 Å². The number of ketones is 1. The topological polar surface area (TPSA) is 67.5 Å². The number of carbonyl (C=O) groups excluding carboxylic acids is 1. The van der Waals surface area contributed by atoms with Crippen LogP contribution < -0.4 is 0 Å². The lowest BCUT2D eigenvalue weighted by Crippen LogP contribution is -2.24. The van der Waals surface area contributed by atoms with Gasteiger partial charge >= 0.3 is 0 Å². The van der Waals surface area contributed by atoms with Gasteiger partial charge < -0.3 is 9.77 Å². The second kappa shape index (κ2) is 5.42. The van der Waals surface area contributed by atoms with Crippen LogP contribution in [0.3, 0.4) is 0 Å². The third-order valence-electron chi connectivity index (χ3n) is 4.10. The molecule has 0 radical (unpaired) electrons. The highest BCUT2D eigenvalue weighted by molar-refractivity contribution is 6.28. The van der Waals surface area contributed by atoms with Gasteiger partial charge in [0.05, 0.1) is 12.9 Å². The lowest BCUT2D eigenvalue weighted by Gasteiger charge is -2.17. The van der Waals surface area contributed by atoms with E-state index < -0.39 is 0 Å². The van der Waals surface area contributed by atoms with Crippen LogP contribution in [0.15, 0.2) is 60.0 Å². The minimum absolute atomic E-state index is 0.168. The monoisotopic (exact) mass is 321 g/mol. The van der Waals surface area contributed by atoms with E-state index in [4.69, 9.17) is 0 Å². The van der Waals surface area contributed by atoms with E-state index in [0.717, 1.165) is 0 Å². The second-order valence-corrected chi connectivity index (χ2v) is 5.48. The molecular weight excluding hydrogens is 309 g/mol. The average molecular weight is 321 g/mol. The first kappa shape index (κ1) is 14.3. The van der Waals surface area contributed by atoms with E-state index in [9.17, 15) is 14.4 Å². The van der Waals surface area contributed by atoms with Crippen molar-refractivity contribution in [3.63, 3.8) is 0 Å². The van der Waals surface area contributed by atoms with Crippen LogP contribution in [0.5, 0.6) is 0 Å². The summed E-state index contributed by atoms with van der Waals surface area (Å²) < 4.78 is 15.5. The van der Waals surface area contributed by atoms with Gasteiger partial charge in [-0.25, -0.2) is 9.37 Å². The molecule has 0 atom stereocenters. The fourth-order valence-corrected chi connectivity index (χ4v) is 2.97. The first-order valence-corrected chi connectivity index (χ1v) is 7.35. The Labute approximate surface area is 136 Å². The van der Waals surface area contributed by atoms with Gasteiger partial charge in [0.25, 0.3) is 0 Å². The van der Waals surface area contributed by atoms with Gasteiger partial charge in [-0.1, -0.05) is 47.6 Å². The van der Waals surface area contributed by atoms with E-state index in [1.165, 1.54) is 12.4 Å². The standard InChI is InChI=1S/C18H12FN3O2/c19-14-8-4-1-5-11(14)9-22-10-20-16-15(21-24)12-6-2-3-7-13(12)18(23)17(16)22/h1-8,10,24H,9H2/b21-15+. The van der Waals surface area contributed by atoms with Gasteiger partial charge in [0.1, 0.15) is 22.9 Å². The zero-order valence-electron chi connectivity index (χ0n) is 12.5. The fourth-order valence-electron chi connectivity index (χ4n) is 2.97. The molecule has 0 unspecified atom stereocenters. The summed E-state index contributed by atoms with van der Waals surface area (Å²) in [4.78, 5) is 17.0. The largest absolute Gasteiger partial charge is 0.410 e. The van der Waals surface area contributed by atoms with Crippen molar-refractivity contribution in [3.05, 3.63) is 88.8 Å². The normalized spacial score (nSPS) is 14.5. The first-order valence-electron chi connectivity index (χ1n) is 7.35. The van der Waals surface area contributed by atoms with Gasteiger partial charge in [-0.3, -0.25) is 4.79 Å². The Morgan fingerprint density at radius 2 is 1.79 bits per heavy atom. The molecule has 0 bridgehead atoms. The molecule has 1 aliphatic rings. The van der Waals surface area contributed by atoms with E-state index in [1.54, 1.807) is 47.0 Å². The number of benzene rings is 2. The summed E-state index contributed by atoms with van der Waals surface area (Å²) in [5.41, 5.74) is 2.27. The highest BCUT2D eigenvalue weighted by atomic mass is 19.1. The predicted octanol–water partition coefficient (Wildman–Crippen LogP) is 2.84. The molecule has 1 aromatic heterocycles. The van der Waals surface area contributed by atoms with Gasteiger partial charge in [-0.15, -0.1) is 0 Å². The van der Waals surface area contributed by atoms with Crippen molar-refractivity contribution in [1.29, 1.82) is 0 Å². The van der Waals surface area contributed by atoms with Crippen LogP contribution >= 0.6 is 0 Å². The van der Waals surface area contributed by atoms with Crippen molar-refractivity contribution >= 4 is 11.5 Å². The van der Waals surface area contributed by atoms with E-state index >= 15 is 0 Å². The summed E-state index contributed by atoms with van der Waals surface area (Å²) in [6, 6.07) is 13.3. The van der Waals surface area contributed by atoms with E-state index in [2.05, 4.69) is 10.1 Å². The molecule has 0 aliphatic heterocycles. The number of imidazole rings is 1. The molecular formula is C18H12FN3O2. The van der Waals surface area contributed by atoms with Crippen molar-refractivity contribution in [2.45, 2.75) is 6.54 Å². The number of rotatable bonds is 2. The van der Waals surface area contributed by atoms with Crippen LogP contribution in [0, 0.1) is 5.82 Å². The molecule has 1 N–H and O–H groups in total. The van der Waals surface area contributed by atoms with Gasteiger partial charge in [0, 0.05) is 16.7 Å². The summed E-state index contributed by atoms with van der Waals surface area (Å²) in [5, 5.41) is 12.7. The number of hydrogen-bond acceptors (Lipinski definition) is 4. The summed E-state index contributed by atoms with van der Waals surface area (Å²) in [5.74, 6) is -0.568. The van der Waals surface area contributed by atoms with Crippen molar-refractivity contribution in [2.24, 2.45) is 5.16 Å². The Kier molecular flexibility index (Phi) is 3.23. The molecule has 0 saturated carbocycles. The van der Waals surface area contributed by atoms with Crippen LogP contribution in [-0.2, 0) is 6.54 Å². The van der Waals surface area contributed by atoms with Crippen molar-refractivity contribution in [3.8, 4) is 0 Å². The Morgan fingerprint density at radius 1 is 1.08 bits per heavy atom. The molecule has 0 fully saturated rings. The van der Waals surface area contributed by atoms with E-state index in [0.29, 0.717) is 28.1 Å². The van der Waals surface area contributed by atoms with E-state index in [1.807, 2.05) is 0 Å². The molecule has 0 saturated heterocycles. The summed E-state index contributed by atoms with van der Waals surface area (Å²) in [7, 11) is 0. The molecule has 6 heteroatoms. The third kappa shape index (κ3) is 2.04. The highest BCUT2D eigenvalue weighted by Gasteiger charge is 2.32. The maximum absolute atomic E-state index is 13.9. The minimum atomic E-state index is -0.348. The maximum Gasteiger partial charge on any atom is 0.212 e. The Bertz CT molecular complexity index is 991. The van der Waals surface area contributed by atoms with Crippen LogP contribution in [0.1, 0.15) is 32.9 Å². The third-order valence-corrected chi connectivity index (χ3v) is 4.10. The average Bonchev–Trinajstić information content (AvgIpc) is 3.01. The molecule has 118 valence electrons. The number of nitrogens with zero attached hydrogens (tertiary/aromatic N) is 3. The lowest BCUT2D eigenvalue weighted by molar-refractivity contribution is 0.102. The molecule has 1 aliphatic carbocycles. The minimum Gasteiger partial charge on any atom is -0.410 e. The summed E-state index contributed by atoms with van der Waals surface area (Å²) in [6.07, 6.45) is 1.46. The number of halogens is 1. The zero-order valence-corrected chi connectivity index (χ0v) is 12.5. The fraction of sp³-hybridized carbons (Fsp3) is 0.0556. The SMILES string of the molecule is O=C1c2ccccc2/C(=N\O)c2ncn(Cc3ccccc3F)c21. The van der Waals surface area contributed by atoms with Crippen molar-refractivity contribution < 1.29 is 14.4 Å². The molecule has 1 heterocycles. The number of carbonyl (C=O) groups is 1. The predicted molar refractivity (Wildman–Crippen MR) is 85.0 cm³/mol. The van der Waals surface area contributed by atoms with Crippen LogP contribution in [0.25, 0.3) is 0 Å². The van der Waals surface area contributed by atoms with Gasteiger partial charge in [0.2, 0.25) is 5.78 Å². The maximum atomic E-state index is 13.9. The Hall–Kier alpha value is -3.28. The summed E-state index contributed by atoms with van der Waals surface area (Å²) >= 11 is 0. The molecule has 5 nitrogen and oxygen atoms in total. The lowest BCUT2D eigenvalue weighted by atomic mass is 9.89. The Morgan fingerprint density at radius 3 is 2.54 bits per heavy atom. The molecule has 4 rings (SSSR count). The molecule has 0 amide bonds. The number of hydrogen-bond donors (Lipinski definition) is 1. The van der Waals surface area contributed by atoms with E-state index in [-0.39, 0.29) is 23.9 Å². The quantitative estimate of drug-likeness (QED) is 0.456. The molecule has 0 spiro atoms. The van der Waals surface area contributed by atoms with Crippen molar-refractivity contribution in [2.75, 3.05) is 0 Å². The molecule has 24 heavy (non-hydrogen) atoms. The molecule has 2 aromatic carbocycles. The van der Waals surface area contributed by atoms with Crippen LogP contribution in [-0.4, -0.2) is 26.3 Å².